The van der Waals surface area contributed by atoms with E-state index < -0.39 is 24.5 Å². The molecule has 0 saturated heterocycles. The van der Waals surface area contributed by atoms with Crippen molar-refractivity contribution in [3.63, 3.8) is 0 Å². The Bertz CT molecular complexity index is 1040. The third-order valence-corrected chi connectivity index (χ3v) is 5.39. The predicted octanol–water partition coefficient (Wildman–Crippen LogP) is 3.69. The lowest BCUT2D eigenvalue weighted by molar-refractivity contribution is -0.150. The molecule has 1 atom stereocenters. The van der Waals surface area contributed by atoms with E-state index in [-0.39, 0.29) is 17.2 Å². The quantitative estimate of drug-likeness (QED) is 0.601. The molecular weight excluding hydrogens is 436 g/mol. The minimum atomic E-state index is -0.892. The van der Waals surface area contributed by atoms with E-state index >= 15 is 0 Å². The van der Waals surface area contributed by atoms with Crippen LogP contribution >= 0.6 is 0 Å². The number of hydrogen-bond donors (Lipinski definition) is 2. The average molecular weight is 469 g/mol. The molecule has 2 amide bonds. The zero-order valence-electron chi connectivity index (χ0n) is 20.3. The van der Waals surface area contributed by atoms with Crippen LogP contribution in [0.4, 0.5) is 5.69 Å². The first kappa shape index (κ1) is 25.1. The molecule has 0 aliphatic carbocycles. The Balaban J connectivity index is 1.55. The van der Waals surface area contributed by atoms with Crippen LogP contribution < -0.4 is 20.1 Å². The molecule has 0 saturated carbocycles. The van der Waals surface area contributed by atoms with Gasteiger partial charge in [0.05, 0.1) is 0 Å². The highest BCUT2D eigenvalue weighted by molar-refractivity contribution is 5.97. The van der Waals surface area contributed by atoms with Crippen LogP contribution in [0.25, 0.3) is 0 Å². The summed E-state index contributed by atoms with van der Waals surface area (Å²) in [5.74, 6) is -0.634. The lowest BCUT2D eigenvalue weighted by atomic mass is 9.86. The Labute approximate surface area is 200 Å². The van der Waals surface area contributed by atoms with E-state index in [9.17, 15) is 14.4 Å². The number of carbonyl (C=O) groups is 3. The molecular formula is C26H32N2O6. The van der Waals surface area contributed by atoms with Crippen LogP contribution in [-0.2, 0) is 19.7 Å². The SMILES string of the molecule is CC(C)[C@H](NC(=O)c1ccc(C(C)(C)C)cc1)C(=O)OCC(=O)Nc1ccc2c(c1)OCCO2. The van der Waals surface area contributed by atoms with Gasteiger partial charge >= 0.3 is 5.97 Å². The van der Waals surface area contributed by atoms with E-state index in [1.54, 1.807) is 44.2 Å². The van der Waals surface area contributed by atoms with Gasteiger partial charge in [0.25, 0.3) is 11.8 Å². The molecule has 0 unspecified atom stereocenters. The van der Waals surface area contributed by atoms with Gasteiger partial charge in [-0.15, -0.1) is 0 Å². The van der Waals surface area contributed by atoms with Gasteiger partial charge in [-0.2, -0.15) is 0 Å². The lowest BCUT2D eigenvalue weighted by Gasteiger charge is -2.22. The standard InChI is InChI=1S/C26H32N2O6/c1-16(2)23(28-24(30)17-6-8-18(9-7-17)26(3,4)5)25(31)34-15-22(29)27-19-10-11-20-21(14-19)33-13-12-32-20/h6-11,14,16,23H,12-13,15H2,1-5H3,(H,27,29)(H,28,30)/t23-/m0/s1. The minimum absolute atomic E-state index is 0.0280. The summed E-state index contributed by atoms with van der Waals surface area (Å²) >= 11 is 0. The monoisotopic (exact) mass is 468 g/mol. The lowest BCUT2D eigenvalue weighted by Crippen LogP contribution is -2.46. The van der Waals surface area contributed by atoms with Crippen LogP contribution in [0.3, 0.4) is 0 Å². The van der Waals surface area contributed by atoms with E-state index in [4.69, 9.17) is 14.2 Å². The molecule has 0 spiro atoms. The summed E-state index contributed by atoms with van der Waals surface area (Å²) < 4.78 is 16.1. The third-order valence-electron chi connectivity index (χ3n) is 5.39. The van der Waals surface area contributed by atoms with Crippen LogP contribution in [0.5, 0.6) is 11.5 Å². The normalized spacial score (nSPS) is 13.7. The molecule has 182 valence electrons. The number of hydrogen-bond acceptors (Lipinski definition) is 6. The van der Waals surface area contributed by atoms with Crippen LogP contribution in [0.15, 0.2) is 42.5 Å². The van der Waals surface area contributed by atoms with Gasteiger partial charge in [-0.1, -0.05) is 46.8 Å². The first-order valence-electron chi connectivity index (χ1n) is 11.3. The Morgan fingerprint density at radius 3 is 2.24 bits per heavy atom. The fraction of sp³-hybridized carbons (Fsp3) is 0.423. The smallest absolute Gasteiger partial charge is 0.329 e. The zero-order valence-corrected chi connectivity index (χ0v) is 20.3. The summed E-state index contributed by atoms with van der Waals surface area (Å²) in [5.41, 5.74) is 2.02. The van der Waals surface area contributed by atoms with Gasteiger partial charge in [-0.05, 0) is 41.2 Å². The number of ether oxygens (including phenoxy) is 3. The summed E-state index contributed by atoms with van der Waals surface area (Å²) in [4.78, 5) is 37.6. The number of anilines is 1. The molecule has 0 bridgehead atoms. The van der Waals surface area contributed by atoms with Gasteiger partial charge in [0.2, 0.25) is 0 Å². The maximum absolute atomic E-state index is 12.7. The van der Waals surface area contributed by atoms with E-state index in [1.165, 1.54) is 0 Å². The summed E-state index contributed by atoms with van der Waals surface area (Å²) in [6.07, 6.45) is 0. The summed E-state index contributed by atoms with van der Waals surface area (Å²) in [6.45, 7) is 10.3. The van der Waals surface area contributed by atoms with Crippen LogP contribution in [0, 0.1) is 5.92 Å². The van der Waals surface area contributed by atoms with Crippen LogP contribution in [0.1, 0.15) is 50.5 Å². The van der Waals surface area contributed by atoms with Crippen molar-refractivity contribution in [2.75, 3.05) is 25.1 Å². The summed E-state index contributed by atoms with van der Waals surface area (Å²) in [7, 11) is 0. The predicted molar refractivity (Wildman–Crippen MR) is 128 cm³/mol. The minimum Gasteiger partial charge on any atom is -0.486 e. The molecule has 0 radical (unpaired) electrons. The maximum Gasteiger partial charge on any atom is 0.329 e. The second-order valence-corrected chi connectivity index (χ2v) is 9.54. The van der Waals surface area contributed by atoms with E-state index in [1.807, 2.05) is 12.1 Å². The van der Waals surface area contributed by atoms with Crippen molar-refractivity contribution in [2.24, 2.45) is 5.92 Å². The van der Waals surface area contributed by atoms with Crippen molar-refractivity contribution in [3.8, 4) is 11.5 Å². The van der Waals surface area contributed by atoms with Crippen molar-refractivity contribution in [2.45, 2.75) is 46.1 Å². The number of fused-ring (bicyclic) bond motifs is 1. The average Bonchev–Trinajstić information content (AvgIpc) is 2.80. The first-order valence-corrected chi connectivity index (χ1v) is 11.3. The number of amides is 2. The van der Waals surface area contributed by atoms with Crippen molar-refractivity contribution >= 4 is 23.5 Å². The molecule has 1 aliphatic heterocycles. The fourth-order valence-electron chi connectivity index (χ4n) is 3.39. The molecule has 8 nitrogen and oxygen atoms in total. The Hall–Kier alpha value is -3.55. The van der Waals surface area contributed by atoms with Crippen molar-refractivity contribution in [3.05, 3.63) is 53.6 Å². The molecule has 2 N–H and O–H groups in total. The number of rotatable bonds is 7. The van der Waals surface area contributed by atoms with Crippen molar-refractivity contribution in [1.29, 1.82) is 0 Å². The first-order chi connectivity index (χ1) is 16.0. The number of benzene rings is 2. The van der Waals surface area contributed by atoms with Gasteiger partial charge < -0.3 is 24.8 Å². The molecule has 8 heteroatoms. The molecule has 2 aromatic rings. The van der Waals surface area contributed by atoms with E-state index in [0.717, 1.165) is 5.56 Å². The van der Waals surface area contributed by atoms with E-state index in [0.29, 0.717) is 36.0 Å². The van der Waals surface area contributed by atoms with Crippen molar-refractivity contribution in [1.82, 2.24) is 5.32 Å². The molecule has 1 aliphatic rings. The number of nitrogens with one attached hydrogen (secondary N) is 2. The van der Waals surface area contributed by atoms with Gasteiger partial charge in [0.15, 0.2) is 18.1 Å². The Morgan fingerprint density at radius 1 is 0.971 bits per heavy atom. The largest absolute Gasteiger partial charge is 0.486 e. The van der Waals surface area contributed by atoms with Gasteiger partial charge in [0, 0.05) is 17.3 Å². The highest BCUT2D eigenvalue weighted by atomic mass is 16.6. The Morgan fingerprint density at radius 2 is 1.62 bits per heavy atom. The zero-order chi connectivity index (χ0) is 24.9. The van der Waals surface area contributed by atoms with Gasteiger partial charge in [0.1, 0.15) is 19.3 Å². The van der Waals surface area contributed by atoms with Crippen molar-refractivity contribution < 1.29 is 28.6 Å². The summed E-state index contributed by atoms with van der Waals surface area (Å²) in [5, 5.41) is 5.38. The second-order valence-electron chi connectivity index (χ2n) is 9.54. The highest BCUT2D eigenvalue weighted by Crippen LogP contribution is 2.32. The topological polar surface area (TPSA) is 103 Å². The Kier molecular flexibility index (Phi) is 7.81. The molecule has 0 aromatic heterocycles. The molecule has 34 heavy (non-hydrogen) atoms. The summed E-state index contributed by atoms with van der Waals surface area (Å²) in [6, 6.07) is 11.4. The third kappa shape index (κ3) is 6.50. The van der Waals surface area contributed by atoms with Crippen LogP contribution in [-0.4, -0.2) is 43.6 Å². The van der Waals surface area contributed by atoms with Gasteiger partial charge in [-0.3, -0.25) is 9.59 Å². The van der Waals surface area contributed by atoms with Gasteiger partial charge in [-0.25, -0.2) is 4.79 Å². The number of esters is 1. The molecule has 3 rings (SSSR count). The fourth-order valence-corrected chi connectivity index (χ4v) is 3.39. The maximum atomic E-state index is 12.7. The van der Waals surface area contributed by atoms with E-state index in [2.05, 4.69) is 31.4 Å². The molecule has 2 aromatic carbocycles. The highest BCUT2D eigenvalue weighted by Gasteiger charge is 2.27. The molecule has 0 fully saturated rings. The second kappa shape index (κ2) is 10.6. The van der Waals surface area contributed by atoms with Crippen LogP contribution in [0.2, 0.25) is 0 Å². The number of carbonyl (C=O) groups excluding carboxylic acids is 3. The molecule has 1 heterocycles.